The lowest BCUT2D eigenvalue weighted by molar-refractivity contribution is -0.120. The lowest BCUT2D eigenvalue weighted by Crippen LogP contribution is -2.37. The summed E-state index contributed by atoms with van der Waals surface area (Å²) in [6.07, 6.45) is 0. The van der Waals surface area contributed by atoms with Crippen LogP contribution in [0, 0.1) is 11.7 Å². The van der Waals surface area contributed by atoms with E-state index in [-0.39, 0.29) is 18.4 Å². The molecule has 0 saturated carbocycles. The molecule has 0 bridgehead atoms. The van der Waals surface area contributed by atoms with Crippen LogP contribution >= 0.6 is 11.3 Å². The van der Waals surface area contributed by atoms with E-state index in [1.165, 1.54) is 23.5 Å². The predicted molar refractivity (Wildman–Crippen MR) is 98.7 cm³/mol. The van der Waals surface area contributed by atoms with Crippen LogP contribution in [-0.4, -0.2) is 24.0 Å². The summed E-state index contributed by atoms with van der Waals surface area (Å²) in [5.41, 5.74) is 0.870. The Bertz CT molecular complexity index is 845. The number of thiazole rings is 1. The number of halogens is 1. The van der Waals surface area contributed by atoms with E-state index in [1.54, 1.807) is 17.0 Å². The zero-order valence-electron chi connectivity index (χ0n) is 14.1. The Morgan fingerprint density at radius 3 is 2.76 bits per heavy atom. The van der Waals surface area contributed by atoms with Crippen molar-refractivity contribution in [2.45, 2.75) is 13.8 Å². The molecule has 130 valence electrons. The summed E-state index contributed by atoms with van der Waals surface area (Å²) in [5.74, 6) is 0.0273. The molecule has 0 aliphatic carbocycles. The largest absolute Gasteiger partial charge is 0.484 e. The van der Waals surface area contributed by atoms with Crippen molar-refractivity contribution >= 4 is 32.6 Å². The molecule has 2 aromatic carbocycles. The van der Waals surface area contributed by atoms with Crippen molar-refractivity contribution in [2.24, 2.45) is 5.92 Å². The van der Waals surface area contributed by atoms with Gasteiger partial charge in [-0.2, -0.15) is 0 Å². The second-order valence-electron chi connectivity index (χ2n) is 6.11. The monoisotopic (exact) mass is 358 g/mol. The maximum Gasteiger partial charge on any atom is 0.266 e. The smallest absolute Gasteiger partial charge is 0.266 e. The lowest BCUT2D eigenvalue weighted by Gasteiger charge is -2.22. The standard InChI is InChI=1S/C19H19FN2O2S/c1-13(2)11-22(19-21-16-8-3-4-9-17(16)25-19)18(23)12-24-15-7-5-6-14(20)10-15/h3-10,13H,11-12H2,1-2H3. The van der Waals surface area contributed by atoms with Crippen LogP contribution < -0.4 is 9.64 Å². The molecule has 0 N–H and O–H groups in total. The first-order chi connectivity index (χ1) is 12.0. The number of hydrogen-bond acceptors (Lipinski definition) is 4. The van der Waals surface area contributed by atoms with Crippen LogP contribution in [0.1, 0.15) is 13.8 Å². The SMILES string of the molecule is CC(C)CN(C(=O)COc1cccc(F)c1)c1nc2ccccc2s1. The molecule has 0 aliphatic heterocycles. The van der Waals surface area contributed by atoms with E-state index in [0.29, 0.717) is 17.4 Å². The van der Waals surface area contributed by atoms with E-state index in [9.17, 15) is 9.18 Å². The number of rotatable bonds is 6. The molecule has 25 heavy (non-hydrogen) atoms. The summed E-state index contributed by atoms with van der Waals surface area (Å²) < 4.78 is 19.7. The van der Waals surface area contributed by atoms with Gasteiger partial charge in [0.2, 0.25) is 0 Å². The van der Waals surface area contributed by atoms with Gasteiger partial charge in [-0.25, -0.2) is 9.37 Å². The predicted octanol–water partition coefficient (Wildman–Crippen LogP) is 4.50. The second kappa shape index (κ2) is 7.61. The molecule has 1 amide bonds. The van der Waals surface area contributed by atoms with Gasteiger partial charge < -0.3 is 4.74 Å². The van der Waals surface area contributed by atoms with Crippen LogP contribution in [-0.2, 0) is 4.79 Å². The number of aromatic nitrogens is 1. The molecule has 0 aliphatic rings. The molecule has 0 fully saturated rings. The van der Waals surface area contributed by atoms with E-state index in [2.05, 4.69) is 4.98 Å². The molecule has 3 aromatic rings. The molecule has 0 spiro atoms. The fourth-order valence-electron chi connectivity index (χ4n) is 2.41. The summed E-state index contributed by atoms with van der Waals surface area (Å²) in [4.78, 5) is 18.9. The third kappa shape index (κ3) is 4.33. The van der Waals surface area contributed by atoms with Crippen molar-refractivity contribution in [3.63, 3.8) is 0 Å². The highest BCUT2D eigenvalue weighted by Gasteiger charge is 2.21. The molecule has 1 heterocycles. The molecule has 1 aromatic heterocycles. The molecule has 4 nitrogen and oxygen atoms in total. The third-order valence-electron chi connectivity index (χ3n) is 3.52. The van der Waals surface area contributed by atoms with Crippen LogP contribution in [0.3, 0.4) is 0 Å². The quantitative estimate of drug-likeness (QED) is 0.651. The normalized spacial score (nSPS) is 11.0. The summed E-state index contributed by atoms with van der Waals surface area (Å²) in [7, 11) is 0. The minimum Gasteiger partial charge on any atom is -0.484 e. The number of ether oxygens (including phenoxy) is 1. The van der Waals surface area contributed by atoms with Gasteiger partial charge in [0.05, 0.1) is 10.2 Å². The molecular formula is C19H19FN2O2S. The molecule has 0 atom stereocenters. The minimum absolute atomic E-state index is 0.161. The number of carbonyl (C=O) groups excluding carboxylic acids is 1. The fourth-order valence-corrected chi connectivity index (χ4v) is 3.40. The summed E-state index contributed by atoms with van der Waals surface area (Å²) in [6.45, 7) is 4.47. The highest BCUT2D eigenvalue weighted by molar-refractivity contribution is 7.22. The van der Waals surface area contributed by atoms with Crippen LogP contribution in [0.15, 0.2) is 48.5 Å². The highest BCUT2D eigenvalue weighted by atomic mass is 32.1. The second-order valence-corrected chi connectivity index (χ2v) is 7.12. The molecular weight excluding hydrogens is 339 g/mol. The van der Waals surface area contributed by atoms with Gasteiger partial charge in [-0.1, -0.05) is 43.4 Å². The number of carbonyl (C=O) groups is 1. The Kier molecular flexibility index (Phi) is 5.28. The highest BCUT2D eigenvalue weighted by Crippen LogP contribution is 2.29. The Morgan fingerprint density at radius 2 is 2.04 bits per heavy atom. The Hall–Kier alpha value is -2.47. The average molecular weight is 358 g/mol. The van der Waals surface area contributed by atoms with Gasteiger partial charge in [0.15, 0.2) is 11.7 Å². The topological polar surface area (TPSA) is 42.4 Å². The van der Waals surface area contributed by atoms with E-state index in [1.807, 2.05) is 38.1 Å². The number of amides is 1. The average Bonchev–Trinajstić information content (AvgIpc) is 3.01. The number of nitrogens with zero attached hydrogens (tertiary/aromatic N) is 2. The van der Waals surface area contributed by atoms with E-state index in [4.69, 9.17) is 4.74 Å². The van der Waals surface area contributed by atoms with Crippen LogP contribution in [0.5, 0.6) is 5.75 Å². The lowest BCUT2D eigenvalue weighted by atomic mass is 10.2. The first kappa shape index (κ1) is 17.4. The molecule has 6 heteroatoms. The first-order valence-corrected chi connectivity index (χ1v) is 8.89. The zero-order chi connectivity index (χ0) is 17.8. The number of fused-ring (bicyclic) bond motifs is 1. The zero-order valence-corrected chi connectivity index (χ0v) is 14.9. The Labute approximate surface area is 149 Å². The fraction of sp³-hybridized carbons (Fsp3) is 0.263. The van der Waals surface area contributed by atoms with Crippen molar-refractivity contribution in [2.75, 3.05) is 18.1 Å². The van der Waals surface area contributed by atoms with Crippen LogP contribution in [0.2, 0.25) is 0 Å². The van der Waals surface area contributed by atoms with Gasteiger partial charge in [-0.15, -0.1) is 0 Å². The van der Waals surface area contributed by atoms with Gasteiger partial charge >= 0.3 is 0 Å². The number of hydrogen-bond donors (Lipinski definition) is 0. The summed E-state index contributed by atoms with van der Waals surface area (Å²) >= 11 is 1.48. The van der Waals surface area contributed by atoms with Crippen molar-refractivity contribution in [3.05, 3.63) is 54.3 Å². The Morgan fingerprint density at radius 1 is 1.24 bits per heavy atom. The van der Waals surface area contributed by atoms with E-state index >= 15 is 0 Å². The van der Waals surface area contributed by atoms with Crippen molar-refractivity contribution in [1.82, 2.24) is 4.98 Å². The summed E-state index contributed by atoms with van der Waals surface area (Å²) in [6, 6.07) is 13.6. The third-order valence-corrected chi connectivity index (χ3v) is 4.58. The van der Waals surface area contributed by atoms with Crippen molar-refractivity contribution in [3.8, 4) is 5.75 Å². The number of para-hydroxylation sites is 1. The molecule has 0 unspecified atom stereocenters. The Balaban J connectivity index is 1.78. The maximum absolute atomic E-state index is 13.2. The molecule has 0 saturated heterocycles. The molecule has 3 rings (SSSR count). The molecule has 0 radical (unpaired) electrons. The van der Waals surface area contributed by atoms with Gasteiger partial charge in [0, 0.05) is 12.6 Å². The van der Waals surface area contributed by atoms with Crippen LogP contribution in [0.4, 0.5) is 9.52 Å². The van der Waals surface area contributed by atoms with Crippen LogP contribution in [0.25, 0.3) is 10.2 Å². The van der Waals surface area contributed by atoms with Crippen molar-refractivity contribution in [1.29, 1.82) is 0 Å². The number of benzene rings is 2. The van der Waals surface area contributed by atoms with Gasteiger partial charge in [0.1, 0.15) is 11.6 Å². The first-order valence-electron chi connectivity index (χ1n) is 8.07. The summed E-state index contributed by atoms with van der Waals surface area (Å²) in [5, 5.41) is 0.655. The maximum atomic E-state index is 13.2. The number of anilines is 1. The van der Waals surface area contributed by atoms with E-state index < -0.39 is 5.82 Å². The van der Waals surface area contributed by atoms with Crippen molar-refractivity contribution < 1.29 is 13.9 Å². The van der Waals surface area contributed by atoms with Gasteiger partial charge in [0.25, 0.3) is 5.91 Å². The van der Waals surface area contributed by atoms with Gasteiger partial charge in [-0.05, 0) is 30.2 Å². The van der Waals surface area contributed by atoms with E-state index in [0.717, 1.165) is 10.2 Å². The minimum atomic E-state index is -0.393. The van der Waals surface area contributed by atoms with Gasteiger partial charge in [-0.3, -0.25) is 9.69 Å².